The van der Waals surface area contributed by atoms with Gasteiger partial charge in [-0.25, -0.2) is 0 Å². The molecule has 17 heavy (non-hydrogen) atoms. The summed E-state index contributed by atoms with van der Waals surface area (Å²) in [5, 5.41) is 10.7. The summed E-state index contributed by atoms with van der Waals surface area (Å²) in [6.07, 6.45) is 4.79. The van der Waals surface area contributed by atoms with Crippen LogP contribution >= 0.6 is 0 Å². The zero-order valence-corrected chi connectivity index (χ0v) is 10.7. The summed E-state index contributed by atoms with van der Waals surface area (Å²) in [5.74, 6) is -0.144. The molecule has 4 saturated carbocycles. The Kier molecular flexibility index (Phi) is 1.95. The maximum absolute atomic E-state index is 12.1. The van der Waals surface area contributed by atoms with Crippen molar-refractivity contribution in [1.29, 1.82) is 0 Å². The molecule has 0 aromatic heterocycles. The first-order chi connectivity index (χ1) is 7.72. The molecule has 1 N–H and O–H groups in total. The number of ether oxygens (including phenoxy) is 1. The number of carbonyl (C=O) groups excluding carboxylic acids is 1. The highest BCUT2D eigenvalue weighted by molar-refractivity contribution is 5.78. The SMILES string of the molecule is [CH2]C12CC3(C)CC(O)(C1)CC(C(=O)OC)(C2)C3. The van der Waals surface area contributed by atoms with Crippen molar-refractivity contribution >= 4 is 5.97 Å². The molecule has 0 amide bonds. The van der Waals surface area contributed by atoms with Gasteiger partial charge in [0.1, 0.15) is 0 Å². The molecule has 4 fully saturated rings. The van der Waals surface area contributed by atoms with Gasteiger partial charge in [0.25, 0.3) is 0 Å². The van der Waals surface area contributed by atoms with Crippen LogP contribution in [-0.2, 0) is 9.53 Å². The van der Waals surface area contributed by atoms with Gasteiger partial charge in [0.05, 0.1) is 18.1 Å². The molecular weight excluding hydrogens is 216 g/mol. The van der Waals surface area contributed by atoms with E-state index in [1.165, 1.54) is 7.11 Å². The monoisotopic (exact) mass is 237 g/mol. The van der Waals surface area contributed by atoms with Crippen molar-refractivity contribution in [3.8, 4) is 0 Å². The van der Waals surface area contributed by atoms with E-state index in [0.29, 0.717) is 6.42 Å². The molecule has 95 valence electrons. The van der Waals surface area contributed by atoms with E-state index < -0.39 is 11.0 Å². The van der Waals surface area contributed by atoms with Crippen LogP contribution in [0.4, 0.5) is 0 Å². The molecule has 3 nitrogen and oxygen atoms in total. The Hall–Kier alpha value is -0.570. The summed E-state index contributed by atoms with van der Waals surface area (Å²) in [6.45, 7) is 6.50. The Bertz CT molecular complexity index is 333. The molecule has 1 radical (unpaired) electrons. The topological polar surface area (TPSA) is 46.5 Å². The summed E-state index contributed by atoms with van der Waals surface area (Å²) in [7, 11) is 1.45. The van der Waals surface area contributed by atoms with E-state index in [4.69, 9.17) is 4.74 Å². The van der Waals surface area contributed by atoms with Crippen molar-refractivity contribution in [3.63, 3.8) is 0 Å². The first-order valence-electron chi connectivity index (χ1n) is 6.39. The van der Waals surface area contributed by atoms with Crippen molar-refractivity contribution in [3.05, 3.63) is 6.92 Å². The molecule has 4 atom stereocenters. The smallest absolute Gasteiger partial charge is 0.311 e. The number of hydrogen-bond acceptors (Lipinski definition) is 3. The zero-order chi connectivity index (χ0) is 12.5. The first kappa shape index (κ1) is 11.5. The lowest BCUT2D eigenvalue weighted by molar-refractivity contribution is -0.227. The largest absolute Gasteiger partial charge is 0.469 e. The summed E-state index contributed by atoms with van der Waals surface area (Å²) >= 11 is 0. The fourth-order valence-electron chi connectivity index (χ4n) is 5.75. The van der Waals surface area contributed by atoms with Gasteiger partial charge in [-0.05, 0) is 56.3 Å². The van der Waals surface area contributed by atoms with E-state index in [1.54, 1.807) is 0 Å². The quantitative estimate of drug-likeness (QED) is 0.710. The van der Waals surface area contributed by atoms with Crippen molar-refractivity contribution in [2.45, 2.75) is 51.0 Å². The predicted molar refractivity (Wildman–Crippen MR) is 63.0 cm³/mol. The standard InChI is InChI=1S/C14H21O3/c1-11-4-12(2)6-13(5-11,10(15)17-3)9-14(16,7-11)8-12/h16H,1,4-9H2,2-3H3. The highest BCUT2D eigenvalue weighted by Crippen LogP contribution is 2.70. The van der Waals surface area contributed by atoms with Gasteiger partial charge in [-0.3, -0.25) is 4.79 Å². The number of hydrogen-bond donors (Lipinski definition) is 1. The normalized spacial score (nSPS) is 56.0. The zero-order valence-electron chi connectivity index (χ0n) is 10.7. The van der Waals surface area contributed by atoms with Crippen LogP contribution in [0.15, 0.2) is 0 Å². The minimum atomic E-state index is -0.695. The minimum absolute atomic E-state index is 0.0550. The second kappa shape index (κ2) is 2.87. The van der Waals surface area contributed by atoms with Gasteiger partial charge in [0.15, 0.2) is 0 Å². The molecule has 0 saturated heterocycles. The van der Waals surface area contributed by atoms with Crippen LogP contribution in [0.2, 0.25) is 0 Å². The molecule has 4 aliphatic rings. The van der Waals surface area contributed by atoms with Crippen LogP contribution in [0.1, 0.15) is 45.4 Å². The third kappa shape index (κ3) is 1.48. The summed E-state index contributed by atoms with van der Waals surface area (Å²) in [4.78, 5) is 12.1. The lowest BCUT2D eigenvalue weighted by Crippen LogP contribution is -2.64. The van der Waals surface area contributed by atoms with Gasteiger partial charge in [-0.15, -0.1) is 0 Å². The average molecular weight is 237 g/mol. The Balaban J connectivity index is 2.07. The molecule has 0 spiro atoms. The maximum Gasteiger partial charge on any atom is 0.311 e. The van der Waals surface area contributed by atoms with Crippen LogP contribution in [0.3, 0.4) is 0 Å². The molecule has 4 bridgehead atoms. The molecule has 3 heteroatoms. The van der Waals surface area contributed by atoms with Crippen LogP contribution in [0, 0.1) is 23.2 Å². The Morgan fingerprint density at radius 3 is 2.41 bits per heavy atom. The second-order valence-corrected chi connectivity index (χ2v) is 7.37. The number of rotatable bonds is 1. The number of aliphatic hydroxyl groups is 1. The second-order valence-electron chi connectivity index (χ2n) is 7.37. The van der Waals surface area contributed by atoms with E-state index >= 15 is 0 Å². The third-order valence-electron chi connectivity index (χ3n) is 5.03. The first-order valence-corrected chi connectivity index (χ1v) is 6.39. The fraction of sp³-hybridized carbons (Fsp3) is 0.857. The highest BCUT2D eigenvalue weighted by atomic mass is 16.5. The maximum atomic E-state index is 12.1. The minimum Gasteiger partial charge on any atom is -0.469 e. The van der Waals surface area contributed by atoms with E-state index in [-0.39, 0.29) is 16.8 Å². The van der Waals surface area contributed by atoms with Crippen LogP contribution in [0.5, 0.6) is 0 Å². The van der Waals surface area contributed by atoms with Crippen molar-refractivity contribution in [1.82, 2.24) is 0 Å². The van der Waals surface area contributed by atoms with Gasteiger partial charge in [-0.2, -0.15) is 0 Å². The molecule has 4 unspecified atom stereocenters. The molecule has 4 aliphatic carbocycles. The van der Waals surface area contributed by atoms with Crippen molar-refractivity contribution in [2.24, 2.45) is 16.2 Å². The fourth-order valence-corrected chi connectivity index (χ4v) is 5.75. The molecule has 4 rings (SSSR count). The number of carbonyl (C=O) groups is 1. The summed E-state index contributed by atoms with van der Waals surface area (Å²) in [6, 6.07) is 0. The molecule has 0 aliphatic heterocycles. The summed E-state index contributed by atoms with van der Waals surface area (Å²) in [5.41, 5.74) is -1.25. The van der Waals surface area contributed by atoms with Gasteiger partial charge in [-0.1, -0.05) is 6.92 Å². The van der Waals surface area contributed by atoms with Crippen molar-refractivity contribution in [2.75, 3.05) is 7.11 Å². The van der Waals surface area contributed by atoms with Crippen LogP contribution in [-0.4, -0.2) is 23.8 Å². The molecule has 0 heterocycles. The number of esters is 1. The molecule has 0 aromatic carbocycles. The van der Waals surface area contributed by atoms with Gasteiger partial charge >= 0.3 is 5.97 Å². The van der Waals surface area contributed by atoms with Gasteiger partial charge in [0.2, 0.25) is 0 Å². The Labute approximate surface area is 103 Å². The van der Waals surface area contributed by atoms with Crippen molar-refractivity contribution < 1.29 is 14.6 Å². The molecular formula is C14H21O3. The Morgan fingerprint density at radius 2 is 1.88 bits per heavy atom. The average Bonchev–Trinajstić information content (AvgIpc) is 2.08. The third-order valence-corrected chi connectivity index (χ3v) is 5.03. The Morgan fingerprint density at radius 1 is 1.18 bits per heavy atom. The van der Waals surface area contributed by atoms with Crippen LogP contribution in [0.25, 0.3) is 0 Å². The van der Waals surface area contributed by atoms with Gasteiger partial charge in [0, 0.05) is 0 Å². The lowest BCUT2D eigenvalue weighted by atomic mass is 9.39. The van der Waals surface area contributed by atoms with E-state index in [1.807, 2.05) is 0 Å². The number of methoxy groups -OCH3 is 1. The lowest BCUT2D eigenvalue weighted by Gasteiger charge is -2.66. The highest BCUT2D eigenvalue weighted by Gasteiger charge is 2.68. The van der Waals surface area contributed by atoms with Crippen LogP contribution < -0.4 is 0 Å². The molecule has 0 aromatic rings. The summed E-state index contributed by atoms with van der Waals surface area (Å²) < 4.78 is 4.99. The predicted octanol–water partition coefficient (Wildman–Crippen LogP) is 2.09. The van der Waals surface area contributed by atoms with E-state index in [9.17, 15) is 9.90 Å². The van der Waals surface area contributed by atoms with Gasteiger partial charge < -0.3 is 9.84 Å². The van der Waals surface area contributed by atoms with E-state index in [0.717, 1.165) is 32.1 Å². The van der Waals surface area contributed by atoms with E-state index in [2.05, 4.69) is 13.8 Å².